The first-order valence-electron chi connectivity index (χ1n) is 8.69. The summed E-state index contributed by atoms with van der Waals surface area (Å²) < 4.78 is 0. The van der Waals surface area contributed by atoms with Crippen molar-refractivity contribution in [3.63, 3.8) is 0 Å². The second kappa shape index (κ2) is 6.25. The standard InChI is InChI=1S/C19H28N2O2/c1-19(2,3)16-5-4-6-17-15(16)8-12-21(17)18(23)9-11-20-10-7-14(22)13-20/h4-6,14,22H,7-13H2,1-3H3. The number of carbonyl (C=O) groups excluding carboxylic acids is 1. The van der Waals surface area contributed by atoms with Crippen molar-refractivity contribution in [2.45, 2.75) is 51.6 Å². The molecule has 2 heterocycles. The second-order valence-electron chi connectivity index (χ2n) is 7.84. The van der Waals surface area contributed by atoms with Crippen LogP contribution >= 0.6 is 0 Å². The molecule has 1 N–H and O–H groups in total. The molecule has 1 aromatic carbocycles. The molecular weight excluding hydrogens is 288 g/mol. The molecule has 1 aromatic rings. The lowest BCUT2D eigenvalue weighted by atomic mass is 9.83. The van der Waals surface area contributed by atoms with Gasteiger partial charge in [0.05, 0.1) is 6.10 Å². The van der Waals surface area contributed by atoms with E-state index in [2.05, 4.69) is 43.9 Å². The Labute approximate surface area is 139 Å². The molecule has 0 aliphatic carbocycles. The van der Waals surface area contributed by atoms with Crippen LogP contribution in [-0.4, -0.2) is 48.2 Å². The summed E-state index contributed by atoms with van der Waals surface area (Å²) in [5.74, 6) is 0.205. The zero-order valence-corrected chi connectivity index (χ0v) is 14.5. The van der Waals surface area contributed by atoms with Crippen LogP contribution in [0.2, 0.25) is 0 Å². The Morgan fingerprint density at radius 1 is 1.30 bits per heavy atom. The number of carbonyl (C=O) groups is 1. The molecule has 2 aliphatic heterocycles. The van der Waals surface area contributed by atoms with Crippen LogP contribution in [0.3, 0.4) is 0 Å². The van der Waals surface area contributed by atoms with Gasteiger partial charge in [-0.2, -0.15) is 0 Å². The lowest BCUT2D eigenvalue weighted by molar-refractivity contribution is -0.118. The van der Waals surface area contributed by atoms with Crippen LogP contribution in [0.5, 0.6) is 0 Å². The number of benzene rings is 1. The van der Waals surface area contributed by atoms with Crippen molar-refractivity contribution in [3.8, 4) is 0 Å². The van der Waals surface area contributed by atoms with Crippen LogP contribution < -0.4 is 4.90 Å². The van der Waals surface area contributed by atoms with Crippen molar-refractivity contribution < 1.29 is 9.90 Å². The lowest BCUT2D eigenvalue weighted by Gasteiger charge is -2.24. The Morgan fingerprint density at radius 2 is 2.09 bits per heavy atom. The SMILES string of the molecule is CC(C)(C)c1cccc2c1CCN2C(=O)CCN1CCC(O)C1. The van der Waals surface area contributed by atoms with Crippen LogP contribution in [0.4, 0.5) is 5.69 Å². The van der Waals surface area contributed by atoms with Gasteiger partial charge >= 0.3 is 0 Å². The number of aliphatic hydroxyl groups excluding tert-OH is 1. The van der Waals surface area contributed by atoms with Crippen molar-refractivity contribution >= 4 is 11.6 Å². The fraction of sp³-hybridized carbons (Fsp3) is 0.632. The molecule has 3 rings (SSSR count). The van der Waals surface area contributed by atoms with E-state index in [1.165, 1.54) is 11.1 Å². The van der Waals surface area contributed by atoms with Gasteiger partial charge in [0.15, 0.2) is 0 Å². The van der Waals surface area contributed by atoms with Gasteiger partial charge in [-0.15, -0.1) is 0 Å². The monoisotopic (exact) mass is 316 g/mol. The summed E-state index contributed by atoms with van der Waals surface area (Å²) in [6.45, 7) is 9.84. The minimum Gasteiger partial charge on any atom is -0.392 e. The van der Waals surface area contributed by atoms with E-state index in [0.29, 0.717) is 13.0 Å². The molecule has 0 aromatic heterocycles. The third-order valence-corrected chi connectivity index (χ3v) is 5.03. The van der Waals surface area contributed by atoms with E-state index < -0.39 is 0 Å². The van der Waals surface area contributed by atoms with E-state index in [0.717, 1.165) is 38.2 Å². The summed E-state index contributed by atoms with van der Waals surface area (Å²) in [4.78, 5) is 16.8. The normalized spacial score (nSPS) is 21.7. The Bertz CT molecular complexity index is 592. The summed E-state index contributed by atoms with van der Waals surface area (Å²) in [6.07, 6.45) is 2.10. The minimum absolute atomic E-state index is 0.107. The van der Waals surface area contributed by atoms with Gasteiger partial charge in [-0.3, -0.25) is 4.79 Å². The maximum Gasteiger partial charge on any atom is 0.228 e. The highest BCUT2D eigenvalue weighted by Crippen LogP contribution is 2.36. The van der Waals surface area contributed by atoms with E-state index in [9.17, 15) is 9.90 Å². The average Bonchev–Trinajstić information content (AvgIpc) is 3.09. The van der Waals surface area contributed by atoms with Gasteiger partial charge in [-0.25, -0.2) is 0 Å². The summed E-state index contributed by atoms with van der Waals surface area (Å²) in [6, 6.07) is 6.34. The van der Waals surface area contributed by atoms with Crippen molar-refractivity contribution in [3.05, 3.63) is 29.3 Å². The van der Waals surface area contributed by atoms with Crippen molar-refractivity contribution in [1.29, 1.82) is 0 Å². The number of β-amino-alcohol motifs (C(OH)–C–C–N with tert-alkyl or cyclic N) is 1. The predicted molar refractivity (Wildman–Crippen MR) is 92.9 cm³/mol. The molecule has 0 saturated carbocycles. The molecule has 126 valence electrons. The summed E-state index contributed by atoms with van der Waals surface area (Å²) in [5, 5.41) is 9.58. The number of amides is 1. The zero-order valence-electron chi connectivity index (χ0n) is 14.5. The average molecular weight is 316 g/mol. The molecule has 1 saturated heterocycles. The maximum atomic E-state index is 12.6. The quantitative estimate of drug-likeness (QED) is 0.931. The topological polar surface area (TPSA) is 43.8 Å². The highest BCUT2D eigenvalue weighted by atomic mass is 16.3. The van der Waals surface area contributed by atoms with Gasteiger partial charge in [-0.1, -0.05) is 32.9 Å². The van der Waals surface area contributed by atoms with E-state index in [1.54, 1.807) is 0 Å². The van der Waals surface area contributed by atoms with Crippen LogP contribution in [-0.2, 0) is 16.6 Å². The Kier molecular flexibility index (Phi) is 4.47. The van der Waals surface area contributed by atoms with Crippen LogP contribution in [0, 0.1) is 0 Å². The van der Waals surface area contributed by atoms with Gasteiger partial charge < -0.3 is 14.9 Å². The fourth-order valence-corrected chi connectivity index (χ4v) is 3.80. The van der Waals surface area contributed by atoms with Gasteiger partial charge in [0.1, 0.15) is 0 Å². The van der Waals surface area contributed by atoms with E-state index >= 15 is 0 Å². The molecule has 23 heavy (non-hydrogen) atoms. The lowest BCUT2D eigenvalue weighted by Crippen LogP contribution is -2.33. The first-order valence-corrected chi connectivity index (χ1v) is 8.69. The number of fused-ring (bicyclic) bond motifs is 1. The molecule has 1 fully saturated rings. The molecule has 1 atom stereocenters. The van der Waals surface area contributed by atoms with E-state index in [4.69, 9.17) is 0 Å². The van der Waals surface area contributed by atoms with E-state index in [1.807, 2.05) is 4.90 Å². The zero-order chi connectivity index (χ0) is 16.6. The van der Waals surface area contributed by atoms with E-state index in [-0.39, 0.29) is 17.4 Å². The Balaban J connectivity index is 1.69. The van der Waals surface area contributed by atoms with Crippen LogP contribution in [0.25, 0.3) is 0 Å². The molecule has 4 nitrogen and oxygen atoms in total. The third kappa shape index (κ3) is 3.43. The Hall–Kier alpha value is -1.39. The molecule has 2 aliphatic rings. The summed E-state index contributed by atoms with van der Waals surface area (Å²) in [5.41, 5.74) is 3.90. The smallest absolute Gasteiger partial charge is 0.228 e. The summed E-state index contributed by atoms with van der Waals surface area (Å²) >= 11 is 0. The number of likely N-dealkylation sites (tertiary alicyclic amines) is 1. The Morgan fingerprint density at radius 3 is 2.74 bits per heavy atom. The molecule has 1 unspecified atom stereocenters. The first kappa shape index (κ1) is 16.5. The predicted octanol–water partition coefficient (Wildman–Crippen LogP) is 2.33. The highest BCUT2D eigenvalue weighted by Gasteiger charge is 2.30. The van der Waals surface area contributed by atoms with Gasteiger partial charge in [0.25, 0.3) is 0 Å². The van der Waals surface area contributed by atoms with Gasteiger partial charge in [0, 0.05) is 38.3 Å². The maximum absolute atomic E-state index is 12.6. The number of nitrogens with zero attached hydrogens (tertiary/aromatic N) is 2. The van der Waals surface area contributed by atoms with Gasteiger partial charge in [0.2, 0.25) is 5.91 Å². The molecule has 0 radical (unpaired) electrons. The summed E-state index contributed by atoms with van der Waals surface area (Å²) in [7, 11) is 0. The van der Waals surface area contributed by atoms with Crippen LogP contribution in [0.1, 0.15) is 44.7 Å². The highest BCUT2D eigenvalue weighted by molar-refractivity contribution is 5.95. The molecule has 1 amide bonds. The number of aliphatic hydroxyl groups is 1. The number of anilines is 1. The van der Waals surface area contributed by atoms with Crippen LogP contribution in [0.15, 0.2) is 18.2 Å². The minimum atomic E-state index is -0.216. The molecule has 0 bridgehead atoms. The molecular formula is C19H28N2O2. The third-order valence-electron chi connectivity index (χ3n) is 5.03. The number of hydrogen-bond acceptors (Lipinski definition) is 3. The fourth-order valence-electron chi connectivity index (χ4n) is 3.80. The number of hydrogen-bond donors (Lipinski definition) is 1. The van der Waals surface area contributed by atoms with Crippen molar-refractivity contribution in [1.82, 2.24) is 4.90 Å². The molecule has 0 spiro atoms. The van der Waals surface area contributed by atoms with Crippen molar-refractivity contribution in [2.75, 3.05) is 31.1 Å². The number of rotatable bonds is 3. The molecule has 4 heteroatoms. The second-order valence-corrected chi connectivity index (χ2v) is 7.84. The first-order chi connectivity index (χ1) is 10.9. The van der Waals surface area contributed by atoms with Gasteiger partial charge in [-0.05, 0) is 35.4 Å². The largest absolute Gasteiger partial charge is 0.392 e. The van der Waals surface area contributed by atoms with Crippen molar-refractivity contribution in [2.24, 2.45) is 0 Å².